The first-order chi connectivity index (χ1) is 12.7. The molecule has 2 heterocycles. The van der Waals surface area contributed by atoms with Crippen LogP contribution >= 0.6 is 0 Å². The molecule has 0 atom stereocenters. The molecule has 4 rings (SSSR count). The first-order valence-electron chi connectivity index (χ1n) is 8.77. The van der Waals surface area contributed by atoms with Gasteiger partial charge in [0, 0.05) is 25.3 Å². The number of ether oxygens (including phenoxy) is 1. The van der Waals surface area contributed by atoms with E-state index in [1.165, 1.54) is 5.56 Å². The Kier molecular flexibility index (Phi) is 4.24. The third-order valence-corrected chi connectivity index (χ3v) is 4.99. The van der Waals surface area contributed by atoms with Gasteiger partial charge in [-0.05, 0) is 30.2 Å². The number of carbonyl (C=O) groups is 2. The first kappa shape index (κ1) is 16.4. The molecule has 3 amide bonds. The summed E-state index contributed by atoms with van der Waals surface area (Å²) in [4.78, 5) is 30.6. The number of carbonyl (C=O) groups excluding carboxylic acids is 2. The Bertz CT molecular complexity index is 852. The second-order valence-electron chi connectivity index (χ2n) is 6.45. The molecule has 2 aromatic carbocycles. The van der Waals surface area contributed by atoms with E-state index in [2.05, 4.69) is 0 Å². The van der Waals surface area contributed by atoms with E-state index in [9.17, 15) is 9.59 Å². The van der Waals surface area contributed by atoms with Crippen LogP contribution < -0.4 is 14.5 Å². The molecule has 0 aromatic heterocycles. The number of amides is 3. The van der Waals surface area contributed by atoms with E-state index in [-0.39, 0.29) is 18.5 Å². The normalized spacial score (nSPS) is 16.2. The van der Waals surface area contributed by atoms with Crippen molar-refractivity contribution in [2.45, 2.75) is 6.42 Å². The molecular weight excluding hydrogens is 330 g/mol. The predicted octanol–water partition coefficient (Wildman–Crippen LogP) is 2.53. The molecule has 26 heavy (non-hydrogen) atoms. The maximum absolute atomic E-state index is 12.8. The predicted molar refractivity (Wildman–Crippen MR) is 99.8 cm³/mol. The lowest BCUT2D eigenvalue weighted by Crippen LogP contribution is -2.41. The SMILES string of the molecule is COc1ccccc1N1CCN(CC(=O)N2CCc3ccccc32)C1=O. The zero-order valence-corrected chi connectivity index (χ0v) is 14.7. The smallest absolute Gasteiger partial charge is 0.325 e. The Morgan fingerprint density at radius 3 is 2.54 bits per heavy atom. The number of hydrogen-bond acceptors (Lipinski definition) is 3. The number of fused-ring (bicyclic) bond motifs is 1. The van der Waals surface area contributed by atoms with E-state index in [0.29, 0.717) is 25.4 Å². The third kappa shape index (κ3) is 2.77. The quantitative estimate of drug-likeness (QED) is 0.851. The van der Waals surface area contributed by atoms with E-state index >= 15 is 0 Å². The van der Waals surface area contributed by atoms with Crippen molar-refractivity contribution in [2.75, 3.05) is 43.1 Å². The van der Waals surface area contributed by atoms with Crippen molar-refractivity contribution in [2.24, 2.45) is 0 Å². The lowest BCUT2D eigenvalue weighted by atomic mass is 10.2. The summed E-state index contributed by atoms with van der Waals surface area (Å²) in [5.41, 5.74) is 2.89. The Morgan fingerprint density at radius 2 is 1.73 bits per heavy atom. The summed E-state index contributed by atoms with van der Waals surface area (Å²) in [5, 5.41) is 0. The van der Waals surface area contributed by atoms with Crippen LogP contribution in [0.5, 0.6) is 5.75 Å². The molecule has 2 aliphatic heterocycles. The number of nitrogens with zero attached hydrogens (tertiary/aromatic N) is 3. The summed E-state index contributed by atoms with van der Waals surface area (Å²) in [6.07, 6.45) is 0.864. The van der Waals surface area contributed by atoms with Gasteiger partial charge in [0.2, 0.25) is 5.91 Å². The van der Waals surface area contributed by atoms with Crippen LogP contribution in [-0.4, -0.2) is 50.1 Å². The highest BCUT2D eigenvalue weighted by Gasteiger charge is 2.34. The number of urea groups is 1. The molecule has 1 saturated heterocycles. The zero-order chi connectivity index (χ0) is 18.1. The minimum absolute atomic E-state index is 0.0369. The molecular formula is C20H21N3O3. The number of anilines is 2. The van der Waals surface area contributed by atoms with E-state index in [0.717, 1.165) is 17.8 Å². The second-order valence-corrected chi connectivity index (χ2v) is 6.45. The number of benzene rings is 2. The third-order valence-electron chi connectivity index (χ3n) is 4.99. The maximum atomic E-state index is 12.8. The highest BCUT2D eigenvalue weighted by atomic mass is 16.5. The van der Waals surface area contributed by atoms with Gasteiger partial charge in [0.25, 0.3) is 0 Å². The lowest BCUT2D eigenvalue weighted by Gasteiger charge is -2.23. The Morgan fingerprint density at radius 1 is 1.00 bits per heavy atom. The summed E-state index contributed by atoms with van der Waals surface area (Å²) in [6, 6.07) is 15.2. The minimum Gasteiger partial charge on any atom is -0.495 e. The monoisotopic (exact) mass is 351 g/mol. The van der Waals surface area contributed by atoms with Crippen LogP contribution in [0.15, 0.2) is 48.5 Å². The molecule has 134 valence electrons. The van der Waals surface area contributed by atoms with Gasteiger partial charge < -0.3 is 14.5 Å². The zero-order valence-electron chi connectivity index (χ0n) is 14.7. The van der Waals surface area contributed by atoms with Crippen molar-refractivity contribution in [3.63, 3.8) is 0 Å². The van der Waals surface area contributed by atoms with Gasteiger partial charge in [-0.25, -0.2) is 4.79 Å². The Hall–Kier alpha value is -3.02. The number of para-hydroxylation sites is 3. The molecule has 1 fully saturated rings. The van der Waals surface area contributed by atoms with E-state index < -0.39 is 0 Å². The topological polar surface area (TPSA) is 53.1 Å². The van der Waals surface area contributed by atoms with Gasteiger partial charge in [-0.15, -0.1) is 0 Å². The lowest BCUT2D eigenvalue weighted by molar-refractivity contribution is -0.118. The highest BCUT2D eigenvalue weighted by Crippen LogP contribution is 2.31. The van der Waals surface area contributed by atoms with Crippen LogP contribution in [0.25, 0.3) is 0 Å². The van der Waals surface area contributed by atoms with Crippen LogP contribution in [0.2, 0.25) is 0 Å². The van der Waals surface area contributed by atoms with Crippen molar-refractivity contribution in [1.82, 2.24) is 4.90 Å². The van der Waals surface area contributed by atoms with E-state index in [1.807, 2.05) is 48.5 Å². The molecule has 0 unspecified atom stereocenters. The Labute approximate surface area is 152 Å². The van der Waals surface area contributed by atoms with Gasteiger partial charge in [-0.1, -0.05) is 30.3 Å². The average Bonchev–Trinajstić information content (AvgIpc) is 3.26. The Balaban J connectivity index is 1.47. The largest absolute Gasteiger partial charge is 0.495 e. The van der Waals surface area contributed by atoms with Gasteiger partial charge in [0.1, 0.15) is 12.3 Å². The minimum atomic E-state index is -0.157. The summed E-state index contributed by atoms with van der Waals surface area (Å²) in [5.74, 6) is 0.618. The molecule has 0 N–H and O–H groups in total. The molecule has 2 aromatic rings. The average molecular weight is 351 g/mol. The molecule has 6 nitrogen and oxygen atoms in total. The van der Waals surface area contributed by atoms with E-state index in [1.54, 1.807) is 21.8 Å². The molecule has 6 heteroatoms. The van der Waals surface area contributed by atoms with Crippen LogP contribution in [0.3, 0.4) is 0 Å². The van der Waals surface area contributed by atoms with E-state index in [4.69, 9.17) is 4.74 Å². The van der Waals surface area contributed by atoms with Crippen LogP contribution in [0, 0.1) is 0 Å². The molecule has 0 saturated carbocycles. The maximum Gasteiger partial charge on any atom is 0.325 e. The fraction of sp³-hybridized carbons (Fsp3) is 0.300. The summed E-state index contributed by atoms with van der Waals surface area (Å²) in [7, 11) is 1.59. The number of hydrogen-bond donors (Lipinski definition) is 0. The molecule has 0 spiro atoms. The fourth-order valence-electron chi connectivity index (χ4n) is 3.65. The summed E-state index contributed by atoms with van der Waals surface area (Å²) < 4.78 is 5.36. The van der Waals surface area contributed by atoms with Crippen molar-refractivity contribution in [3.8, 4) is 5.75 Å². The van der Waals surface area contributed by atoms with Gasteiger partial charge >= 0.3 is 6.03 Å². The first-order valence-corrected chi connectivity index (χ1v) is 8.77. The molecule has 0 radical (unpaired) electrons. The van der Waals surface area contributed by atoms with Crippen molar-refractivity contribution < 1.29 is 14.3 Å². The highest BCUT2D eigenvalue weighted by molar-refractivity contribution is 6.01. The number of rotatable bonds is 4. The van der Waals surface area contributed by atoms with Gasteiger partial charge in [0.15, 0.2) is 0 Å². The molecule has 0 bridgehead atoms. The molecule has 2 aliphatic rings. The summed E-state index contributed by atoms with van der Waals surface area (Å²) >= 11 is 0. The molecule has 0 aliphatic carbocycles. The van der Waals surface area contributed by atoms with Crippen LogP contribution in [0.1, 0.15) is 5.56 Å². The van der Waals surface area contributed by atoms with Gasteiger partial charge in [-0.3, -0.25) is 9.69 Å². The van der Waals surface area contributed by atoms with Crippen LogP contribution in [-0.2, 0) is 11.2 Å². The fourth-order valence-corrected chi connectivity index (χ4v) is 3.65. The standard InChI is InChI=1S/C20H21N3O3/c1-26-18-9-5-4-8-17(18)23-13-12-21(20(23)25)14-19(24)22-11-10-15-6-2-3-7-16(15)22/h2-9H,10-14H2,1H3. The van der Waals surface area contributed by atoms with Gasteiger partial charge in [0.05, 0.1) is 12.8 Å². The summed E-state index contributed by atoms with van der Waals surface area (Å²) in [6.45, 7) is 1.84. The van der Waals surface area contributed by atoms with Crippen molar-refractivity contribution >= 4 is 23.3 Å². The van der Waals surface area contributed by atoms with Crippen molar-refractivity contribution in [3.05, 3.63) is 54.1 Å². The van der Waals surface area contributed by atoms with Crippen LogP contribution in [0.4, 0.5) is 16.2 Å². The van der Waals surface area contributed by atoms with Gasteiger partial charge in [-0.2, -0.15) is 0 Å². The second kappa shape index (κ2) is 6.71. The number of methoxy groups -OCH3 is 1. The van der Waals surface area contributed by atoms with Crippen molar-refractivity contribution in [1.29, 1.82) is 0 Å².